The Hall–Kier alpha value is -1.70. The molecule has 2 rings (SSSR count). The van der Waals surface area contributed by atoms with Crippen molar-refractivity contribution in [2.45, 2.75) is 44.6 Å². The zero-order chi connectivity index (χ0) is 20.6. The zero-order valence-corrected chi connectivity index (χ0v) is 18.7. The van der Waals surface area contributed by atoms with Crippen LogP contribution >= 0.6 is 15.9 Å². The summed E-state index contributed by atoms with van der Waals surface area (Å²) in [5.41, 5.74) is 1.94. The number of rotatable bonds is 10. The summed E-state index contributed by atoms with van der Waals surface area (Å²) < 4.78 is 28.3. The summed E-state index contributed by atoms with van der Waals surface area (Å²) in [5.74, 6) is -0.288. The van der Waals surface area contributed by atoms with Crippen LogP contribution < -0.4 is 5.32 Å². The van der Waals surface area contributed by atoms with Crippen LogP contribution in [0.5, 0.6) is 0 Å². The largest absolute Gasteiger partial charge is 0.355 e. The molecule has 0 saturated heterocycles. The summed E-state index contributed by atoms with van der Waals surface area (Å²) in [5, 5.41) is 2.82. The highest BCUT2D eigenvalue weighted by molar-refractivity contribution is 9.10. The van der Waals surface area contributed by atoms with Gasteiger partial charge in [-0.15, -0.1) is 0 Å². The number of nitrogens with zero attached hydrogens (tertiary/aromatic N) is 1. The van der Waals surface area contributed by atoms with Gasteiger partial charge < -0.3 is 5.32 Å². The number of unbranched alkanes of at least 4 members (excludes halogenated alkanes) is 2. The van der Waals surface area contributed by atoms with Crippen LogP contribution in [0.3, 0.4) is 0 Å². The summed E-state index contributed by atoms with van der Waals surface area (Å²) >= 11 is 3.32. The Bertz CT molecular complexity index is 866. The Morgan fingerprint density at radius 2 is 1.68 bits per heavy atom. The van der Waals surface area contributed by atoms with E-state index >= 15 is 0 Å². The third-order valence-electron chi connectivity index (χ3n) is 4.35. The summed E-state index contributed by atoms with van der Waals surface area (Å²) in [6, 6.07) is 14.1. The molecule has 0 aromatic heterocycles. The van der Waals surface area contributed by atoms with Gasteiger partial charge >= 0.3 is 0 Å². The molecule has 152 valence electrons. The topological polar surface area (TPSA) is 66.5 Å². The Morgan fingerprint density at radius 1 is 1.04 bits per heavy atom. The molecule has 0 radical (unpaired) electrons. The first-order valence-electron chi connectivity index (χ1n) is 9.41. The van der Waals surface area contributed by atoms with Gasteiger partial charge in [-0.2, -0.15) is 4.31 Å². The number of sulfonamides is 1. The molecule has 0 unspecified atom stereocenters. The molecule has 0 bridgehead atoms. The van der Waals surface area contributed by atoms with Gasteiger partial charge in [-0.25, -0.2) is 8.42 Å². The van der Waals surface area contributed by atoms with E-state index in [0.29, 0.717) is 6.54 Å². The standard InChI is InChI=1S/C21H27BrN2O3S/c1-3-4-5-14-23-21(25)16-24(15-18-8-6-17(2)7-9-18)28(26,27)20-12-10-19(22)11-13-20/h6-13H,3-5,14-16H2,1-2H3,(H,23,25). The maximum atomic E-state index is 13.2. The van der Waals surface area contributed by atoms with Crippen molar-refractivity contribution in [1.82, 2.24) is 9.62 Å². The number of hydrogen-bond acceptors (Lipinski definition) is 3. The van der Waals surface area contributed by atoms with Gasteiger partial charge in [0, 0.05) is 17.6 Å². The van der Waals surface area contributed by atoms with Crippen LogP contribution in [-0.4, -0.2) is 31.7 Å². The van der Waals surface area contributed by atoms with E-state index in [0.717, 1.165) is 34.9 Å². The molecule has 0 spiro atoms. The van der Waals surface area contributed by atoms with Crippen LogP contribution in [0.1, 0.15) is 37.3 Å². The van der Waals surface area contributed by atoms with Crippen molar-refractivity contribution >= 4 is 31.9 Å². The van der Waals surface area contributed by atoms with E-state index in [1.54, 1.807) is 24.3 Å². The van der Waals surface area contributed by atoms with Gasteiger partial charge in [0.2, 0.25) is 15.9 Å². The lowest BCUT2D eigenvalue weighted by Gasteiger charge is -2.22. The first-order chi connectivity index (χ1) is 13.3. The normalized spacial score (nSPS) is 11.6. The predicted molar refractivity (Wildman–Crippen MR) is 115 cm³/mol. The van der Waals surface area contributed by atoms with Gasteiger partial charge in [0.15, 0.2) is 0 Å². The van der Waals surface area contributed by atoms with E-state index in [1.165, 1.54) is 4.31 Å². The SMILES string of the molecule is CCCCCNC(=O)CN(Cc1ccc(C)cc1)S(=O)(=O)c1ccc(Br)cc1. The van der Waals surface area contributed by atoms with E-state index in [9.17, 15) is 13.2 Å². The van der Waals surface area contributed by atoms with Gasteiger partial charge in [0.05, 0.1) is 11.4 Å². The Balaban J connectivity index is 2.20. The third-order valence-corrected chi connectivity index (χ3v) is 6.69. The molecule has 0 aliphatic heterocycles. The summed E-state index contributed by atoms with van der Waals surface area (Å²) in [7, 11) is -3.80. The average molecular weight is 467 g/mol. The molecule has 2 aromatic carbocycles. The number of benzene rings is 2. The lowest BCUT2D eigenvalue weighted by atomic mass is 10.1. The van der Waals surface area contributed by atoms with Crippen molar-refractivity contribution < 1.29 is 13.2 Å². The molecule has 0 saturated carbocycles. The van der Waals surface area contributed by atoms with Crippen LogP contribution in [0.15, 0.2) is 57.9 Å². The third kappa shape index (κ3) is 6.72. The first-order valence-corrected chi connectivity index (χ1v) is 11.6. The van der Waals surface area contributed by atoms with Crippen molar-refractivity contribution in [3.8, 4) is 0 Å². The summed E-state index contributed by atoms with van der Waals surface area (Å²) in [6.45, 7) is 4.56. The average Bonchev–Trinajstić information content (AvgIpc) is 2.67. The highest BCUT2D eigenvalue weighted by Gasteiger charge is 2.26. The molecule has 28 heavy (non-hydrogen) atoms. The molecule has 2 aromatic rings. The molecule has 0 atom stereocenters. The zero-order valence-electron chi connectivity index (χ0n) is 16.3. The molecular formula is C21H27BrN2O3S. The predicted octanol–water partition coefficient (Wildman–Crippen LogP) is 4.25. The minimum absolute atomic E-state index is 0.140. The molecular weight excluding hydrogens is 440 g/mol. The number of halogens is 1. The van der Waals surface area contributed by atoms with Gasteiger partial charge in [-0.1, -0.05) is 65.5 Å². The van der Waals surface area contributed by atoms with Crippen molar-refractivity contribution in [1.29, 1.82) is 0 Å². The first kappa shape index (κ1) is 22.6. The van der Waals surface area contributed by atoms with E-state index in [1.807, 2.05) is 31.2 Å². The summed E-state index contributed by atoms with van der Waals surface area (Å²) in [6.07, 6.45) is 2.98. The summed E-state index contributed by atoms with van der Waals surface area (Å²) in [4.78, 5) is 12.5. The van der Waals surface area contributed by atoms with Crippen LogP contribution in [0, 0.1) is 6.92 Å². The number of amides is 1. The van der Waals surface area contributed by atoms with Crippen LogP contribution in [0.4, 0.5) is 0 Å². The quantitative estimate of drug-likeness (QED) is 0.532. The highest BCUT2D eigenvalue weighted by Crippen LogP contribution is 2.21. The lowest BCUT2D eigenvalue weighted by molar-refractivity contribution is -0.121. The Labute approximate surface area is 176 Å². The minimum Gasteiger partial charge on any atom is -0.355 e. The Kier molecular flexibility index (Phi) is 8.66. The highest BCUT2D eigenvalue weighted by atomic mass is 79.9. The minimum atomic E-state index is -3.80. The van der Waals surface area contributed by atoms with E-state index in [4.69, 9.17) is 0 Å². The number of aryl methyl sites for hydroxylation is 1. The molecule has 0 aliphatic carbocycles. The van der Waals surface area contributed by atoms with Crippen molar-refractivity contribution in [2.24, 2.45) is 0 Å². The van der Waals surface area contributed by atoms with Crippen LogP contribution in [0.25, 0.3) is 0 Å². The molecule has 1 N–H and O–H groups in total. The fourth-order valence-corrected chi connectivity index (χ4v) is 4.35. The van der Waals surface area contributed by atoms with Crippen LogP contribution in [-0.2, 0) is 21.4 Å². The van der Waals surface area contributed by atoms with Crippen molar-refractivity contribution in [3.63, 3.8) is 0 Å². The second-order valence-corrected chi connectivity index (χ2v) is 9.62. The second-order valence-electron chi connectivity index (χ2n) is 6.77. The molecule has 1 amide bonds. The van der Waals surface area contributed by atoms with Gasteiger partial charge in [-0.05, 0) is 43.2 Å². The number of carbonyl (C=O) groups is 1. The molecule has 0 heterocycles. The Morgan fingerprint density at radius 3 is 2.29 bits per heavy atom. The smallest absolute Gasteiger partial charge is 0.243 e. The number of nitrogens with one attached hydrogen (secondary N) is 1. The molecule has 5 nitrogen and oxygen atoms in total. The molecule has 0 aliphatic rings. The van der Waals surface area contributed by atoms with Crippen molar-refractivity contribution in [2.75, 3.05) is 13.1 Å². The second kappa shape index (κ2) is 10.7. The van der Waals surface area contributed by atoms with E-state index in [-0.39, 0.29) is 23.9 Å². The van der Waals surface area contributed by atoms with E-state index < -0.39 is 10.0 Å². The molecule has 7 heteroatoms. The van der Waals surface area contributed by atoms with E-state index in [2.05, 4.69) is 28.2 Å². The molecule has 0 fully saturated rings. The van der Waals surface area contributed by atoms with Crippen LogP contribution in [0.2, 0.25) is 0 Å². The number of carbonyl (C=O) groups excluding carboxylic acids is 1. The van der Waals surface area contributed by atoms with Gasteiger partial charge in [0.1, 0.15) is 0 Å². The van der Waals surface area contributed by atoms with Crippen molar-refractivity contribution in [3.05, 3.63) is 64.1 Å². The fourth-order valence-electron chi connectivity index (χ4n) is 2.70. The fraction of sp³-hybridized carbons (Fsp3) is 0.381. The monoisotopic (exact) mass is 466 g/mol. The number of hydrogen-bond donors (Lipinski definition) is 1. The van der Waals surface area contributed by atoms with Gasteiger partial charge in [0.25, 0.3) is 0 Å². The lowest BCUT2D eigenvalue weighted by Crippen LogP contribution is -2.40. The maximum Gasteiger partial charge on any atom is 0.243 e. The maximum absolute atomic E-state index is 13.2. The van der Waals surface area contributed by atoms with Gasteiger partial charge in [-0.3, -0.25) is 4.79 Å².